The molecule has 2 heteroatoms. The van der Waals surface area contributed by atoms with Gasteiger partial charge in [-0.2, -0.15) is 5.26 Å². The van der Waals surface area contributed by atoms with Gasteiger partial charge in [0.15, 0.2) is 0 Å². The predicted octanol–water partition coefficient (Wildman–Crippen LogP) is 2.43. The maximum atomic E-state index is 9.02. The van der Waals surface area contributed by atoms with Crippen LogP contribution in [0.25, 0.3) is 5.57 Å². The number of nitriles is 1. The molecule has 0 radical (unpaired) electrons. The van der Waals surface area contributed by atoms with Crippen LogP contribution in [0.3, 0.4) is 0 Å². The van der Waals surface area contributed by atoms with Gasteiger partial charge in [0, 0.05) is 6.42 Å². The lowest BCUT2D eigenvalue weighted by Crippen LogP contribution is -1.86. The first-order chi connectivity index (χ1) is 6.76. The molecule has 0 aliphatic heterocycles. The van der Waals surface area contributed by atoms with E-state index in [4.69, 9.17) is 10.00 Å². The van der Waals surface area contributed by atoms with Crippen molar-refractivity contribution in [1.29, 1.82) is 5.26 Å². The zero-order valence-corrected chi connectivity index (χ0v) is 8.29. The molecule has 1 aliphatic carbocycles. The highest BCUT2D eigenvalue weighted by Gasteiger charge is 2.21. The molecule has 14 heavy (non-hydrogen) atoms. The fourth-order valence-electron chi connectivity index (χ4n) is 1.79. The fourth-order valence-corrected chi connectivity index (χ4v) is 1.79. The van der Waals surface area contributed by atoms with Gasteiger partial charge in [0.1, 0.15) is 11.8 Å². The minimum absolute atomic E-state index is 0.686. The van der Waals surface area contributed by atoms with E-state index in [1.54, 1.807) is 7.11 Å². The van der Waals surface area contributed by atoms with Crippen LogP contribution in [0.15, 0.2) is 24.0 Å². The quantitative estimate of drug-likeness (QED) is 0.673. The minimum atomic E-state index is 0.686. The average molecular weight is 185 g/mol. The highest BCUT2D eigenvalue weighted by Crippen LogP contribution is 2.33. The Balaban J connectivity index is 2.58. The molecule has 0 spiro atoms. The number of hydrogen-bond acceptors (Lipinski definition) is 2. The predicted molar refractivity (Wildman–Crippen MR) is 54.4 cm³/mol. The van der Waals surface area contributed by atoms with Crippen LogP contribution < -0.4 is 0 Å². The molecule has 2 rings (SSSR count). The Morgan fingerprint density at radius 2 is 2.21 bits per heavy atom. The molecule has 0 saturated heterocycles. The number of allylic oxidation sites excluding steroid dienone is 2. The van der Waals surface area contributed by atoms with Crippen LogP contribution in [-0.4, -0.2) is 7.11 Å². The summed E-state index contributed by atoms with van der Waals surface area (Å²) in [6.07, 6.45) is 0.745. The van der Waals surface area contributed by atoms with Gasteiger partial charge in [-0.05, 0) is 18.1 Å². The van der Waals surface area contributed by atoms with Gasteiger partial charge in [-0.1, -0.05) is 23.8 Å². The SMILES string of the molecule is COC1=C(C#N)c2cc(C)ccc2C1. The maximum absolute atomic E-state index is 9.02. The van der Waals surface area contributed by atoms with Crippen LogP contribution in [0, 0.1) is 18.3 Å². The molecule has 70 valence electrons. The fraction of sp³-hybridized carbons (Fsp3) is 0.250. The van der Waals surface area contributed by atoms with E-state index in [-0.39, 0.29) is 0 Å². The van der Waals surface area contributed by atoms with Gasteiger partial charge in [-0.3, -0.25) is 0 Å². The van der Waals surface area contributed by atoms with Gasteiger partial charge in [-0.15, -0.1) is 0 Å². The van der Waals surface area contributed by atoms with Crippen LogP contribution >= 0.6 is 0 Å². The second kappa shape index (κ2) is 3.19. The van der Waals surface area contributed by atoms with Gasteiger partial charge in [0.25, 0.3) is 0 Å². The highest BCUT2D eigenvalue weighted by molar-refractivity contribution is 5.84. The Hall–Kier alpha value is -1.75. The first-order valence-corrected chi connectivity index (χ1v) is 4.53. The van der Waals surface area contributed by atoms with E-state index >= 15 is 0 Å². The molecule has 0 saturated carbocycles. The summed E-state index contributed by atoms with van der Waals surface area (Å²) in [5.74, 6) is 0.785. The average Bonchev–Trinajstić information content (AvgIpc) is 2.54. The number of ether oxygens (including phenoxy) is 1. The molecule has 0 N–H and O–H groups in total. The van der Waals surface area contributed by atoms with Crippen molar-refractivity contribution in [2.24, 2.45) is 0 Å². The second-order valence-corrected chi connectivity index (χ2v) is 3.45. The molecule has 1 aromatic carbocycles. The number of rotatable bonds is 1. The first kappa shape index (κ1) is 8.83. The number of nitrogens with zero attached hydrogens (tertiary/aromatic N) is 1. The molecular formula is C12H11NO. The molecule has 0 fully saturated rings. The zero-order chi connectivity index (χ0) is 10.1. The highest BCUT2D eigenvalue weighted by atomic mass is 16.5. The lowest BCUT2D eigenvalue weighted by Gasteiger charge is -1.99. The van der Waals surface area contributed by atoms with Crippen LogP contribution in [0.5, 0.6) is 0 Å². The first-order valence-electron chi connectivity index (χ1n) is 4.53. The Kier molecular flexibility index (Phi) is 2.01. The van der Waals surface area contributed by atoms with E-state index in [2.05, 4.69) is 18.2 Å². The Labute approximate surface area is 83.4 Å². The van der Waals surface area contributed by atoms with Crippen LogP contribution in [0.1, 0.15) is 16.7 Å². The number of fused-ring (bicyclic) bond motifs is 1. The van der Waals surface area contributed by atoms with Crippen molar-refractivity contribution in [3.8, 4) is 6.07 Å². The molecule has 1 aromatic rings. The number of methoxy groups -OCH3 is 1. The third-order valence-corrected chi connectivity index (χ3v) is 2.52. The summed E-state index contributed by atoms with van der Waals surface area (Å²) in [7, 11) is 1.62. The van der Waals surface area contributed by atoms with Crippen molar-refractivity contribution >= 4 is 5.57 Å². The number of benzene rings is 1. The van der Waals surface area contributed by atoms with Crippen LogP contribution in [0.4, 0.5) is 0 Å². The van der Waals surface area contributed by atoms with Gasteiger partial charge in [-0.25, -0.2) is 0 Å². The van der Waals surface area contributed by atoms with Gasteiger partial charge < -0.3 is 4.74 Å². The molecule has 0 bridgehead atoms. The van der Waals surface area contributed by atoms with E-state index in [1.807, 2.05) is 13.0 Å². The summed E-state index contributed by atoms with van der Waals surface area (Å²) < 4.78 is 5.19. The molecule has 0 atom stereocenters. The van der Waals surface area contributed by atoms with E-state index < -0.39 is 0 Å². The van der Waals surface area contributed by atoms with E-state index in [0.29, 0.717) is 5.57 Å². The zero-order valence-electron chi connectivity index (χ0n) is 8.29. The molecule has 0 heterocycles. The maximum Gasteiger partial charge on any atom is 0.118 e. The van der Waals surface area contributed by atoms with Gasteiger partial charge >= 0.3 is 0 Å². The summed E-state index contributed by atoms with van der Waals surface area (Å²) in [6, 6.07) is 8.37. The van der Waals surface area contributed by atoms with Crippen molar-refractivity contribution in [2.45, 2.75) is 13.3 Å². The molecule has 0 aromatic heterocycles. The molecule has 0 unspecified atom stereocenters. The van der Waals surface area contributed by atoms with Crippen molar-refractivity contribution in [3.63, 3.8) is 0 Å². The summed E-state index contributed by atoms with van der Waals surface area (Å²) in [4.78, 5) is 0. The second-order valence-electron chi connectivity index (χ2n) is 3.45. The Bertz CT molecular complexity index is 452. The molecule has 1 aliphatic rings. The third kappa shape index (κ3) is 1.18. The molecular weight excluding hydrogens is 174 g/mol. The van der Waals surface area contributed by atoms with Crippen molar-refractivity contribution < 1.29 is 4.74 Å². The monoisotopic (exact) mass is 185 g/mol. The van der Waals surface area contributed by atoms with Crippen molar-refractivity contribution in [1.82, 2.24) is 0 Å². The van der Waals surface area contributed by atoms with E-state index in [9.17, 15) is 0 Å². The summed E-state index contributed by atoms with van der Waals surface area (Å²) in [5, 5.41) is 9.02. The van der Waals surface area contributed by atoms with E-state index in [1.165, 1.54) is 11.1 Å². The van der Waals surface area contributed by atoms with Gasteiger partial charge in [0.2, 0.25) is 0 Å². The lowest BCUT2D eigenvalue weighted by atomic mass is 10.0. The summed E-state index contributed by atoms with van der Waals surface area (Å²) >= 11 is 0. The minimum Gasteiger partial charge on any atom is -0.499 e. The number of aryl methyl sites for hydroxylation is 1. The Morgan fingerprint density at radius 1 is 1.43 bits per heavy atom. The lowest BCUT2D eigenvalue weighted by molar-refractivity contribution is 0.288. The van der Waals surface area contributed by atoms with E-state index in [0.717, 1.165) is 17.7 Å². The molecule has 2 nitrogen and oxygen atoms in total. The standard InChI is InChI=1S/C12H11NO/c1-8-3-4-9-6-12(14-2)11(7-13)10(9)5-8/h3-5H,6H2,1-2H3. The number of hydrogen-bond donors (Lipinski definition) is 0. The normalized spacial score (nSPS) is 13.8. The van der Waals surface area contributed by atoms with Gasteiger partial charge in [0.05, 0.1) is 12.7 Å². The van der Waals surface area contributed by atoms with Crippen LogP contribution in [-0.2, 0) is 11.2 Å². The topological polar surface area (TPSA) is 33.0 Å². The summed E-state index contributed by atoms with van der Waals surface area (Å²) in [5.41, 5.74) is 4.08. The largest absolute Gasteiger partial charge is 0.499 e. The van der Waals surface area contributed by atoms with Crippen molar-refractivity contribution in [2.75, 3.05) is 7.11 Å². The smallest absolute Gasteiger partial charge is 0.118 e. The van der Waals surface area contributed by atoms with Crippen molar-refractivity contribution in [3.05, 3.63) is 40.6 Å². The van der Waals surface area contributed by atoms with Crippen LogP contribution in [0.2, 0.25) is 0 Å². The molecule has 0 amide bonds. The Morgan fingerprint density at radius 3 is 2.86 bits per heavy atom. The third-order valence-electron chi connectivity index (χ3n) is 2.52. The summed E-state index contributed by atoms with van der Waals surface area (Å²) in [6.45, 7) is 2.03.